The van der Waals surface area contributed by atoms with Gasteiger partial charge >= 0.3 is 0 Å². The lowest BCUT2D eigenvalue weighted by Crippen LogP contribution is -2.51. The maximum Gasteiger partial charge on any atom is 0.263 e. The van der Waals surface area contributed by atoms with E-state index >= 15 is 0 Å². The van der Waals surface area contributed by atoms with Gasteiger partial charge in [-0.05, 0) is 38.1 Å². The summed E-state index contributed by atoms with van der Waals surface area (Å²) < 4.78 is 5.88. The molecule has 0 aromatic heterocycles. The van der Waals surface area contributed by atoms with Gasteiger partial charge in [0.15, 0.2) is 6.10 Å². The topological polar surface area (TPSA) is 32.8 Å². The zero-order chi connectivity index (χ0) is 14.5. The molecule has 0 spiro atoms. The fraction of sp³-hybridized carbons (Fsp3) is 0.562. The molecule has 1 aliphatic rings. The summed E-state index contributed by atoms with van der Waals surface area (Å²) in [5, 5.41) is 0. The van der Waals surface area contributed by atoms with Crippen molar-refractivity contribution in [1.29, 1.82) is 0 Å². The number of benzene rings is 1. The number of carbonyl (C=O) groups excluding carboxylic acids is 1. The van der Waals surface area contributed by atoms with Crippen molar-refractivity contribution in [2.24, 2.45) is 0 Å². The Kier molecular flexibility index (Phi) is 5.01. The molecule has 1 fully saturated rings. The molecule has 0 aliphatic carbocycles. The van der Waals surface area contributed by atoms with Crippen LogP contribution in [0.1, 0.15) is 18.9 Å². The van der Waals surface area contributed by atoms with E-state index in [1.807, 2.05) is 43.0 Å². The number of rotatable bonds is 4. The smallest absolute Gasteiger partial charge is 0.263 e. The van der Waals surface area contributed by atoms with Crippen LogP contribution in [0, 0.1) is 6.92 Å². The van der Waals surface area contributed by atoms with Crippen molar-refractivity contribution >= 4 is 5.91 Å². The Balaban J connectivity index is 1.99. The van der Waals surface area contributed by atoms with E-state index in [1.54, 1.807) is 0 Å². The molecular formula is C16H24N2O2. The van der Waals surface area contributed by atoms with Crippen molar-refractivity contribution in [2.45, 2.75) is 26.4 Å². The monoisotopic (exact) mass is 276 g/mol. The van der Waals surface area contributed by atoms with Crippen molar-refractivity contribution in [3.63, 3.8) is 0 Å². The third-order valence-corrected chi connectivity index (χ3v) is 3.73. The SMILES string of the molecule is CC[C@H](Oc1cccc(C)c1)C(=O)N1CCN(C)CC1. The number of hydrogen-bond donors (Lipinski definition) is 0. The number of piperazine rings is 1. The lowest BCUT2D eigenvalue weighted by atomic mass is 10.2. The van der Waals surface area contributed by atoms with Gasteiger partial charge in [-0.25, -0.2) is 0 Å². The van der Waals surface area contributed by atoms with E-state index in [2.05, 4.69) is 11.9 Å². The van der Waals surface area contributed by atoms with Gasteiger partial charge in [-0.3, -0.25) is 4.79 Å². The van der Waals surface area contributed by atoms with Crippen LogP contribution in [0.3, 0.4) is 0 Å². The Labute approximate surface area is 121 Å². The van der Waals surface area contributed by atoms with Crippen LogP contribution >= 0.6 is 0 Å². The highest BCUT2D eigenvalue weighted by Gasteiger charge is 2.26. The molecule has 1 aliphatic heterocycles. The summed E-state index contributed by atoms with van der Waals surface area (Å²) in [4.78, 5) is 16.7. The standard InChI is InChI=1S/C16H24N2O2/c1-4-15(20-14-7-5-6-13(2)12-14)16(19)18-10-8-17(3)9-11-18/h5-7,12,15H,4,8-11H2,1-3H3/t15-/m0/s1. The van der Waals surface area contributed by atoms with Crippen molar-refractivity contribution in [3.8, 4) is 5.75 Å². The van der Waals surface area contributed by atoms with Gasteiger partial charge < -0.3 is 14.5 Å². The van der Waals surface area contributed by atoms with Crippen LogP contribution < -0.4 is 4.74 Å². The van der Waals surface area contributed by atoms with Crippen molar-refractivity contribution in [1.82, 2.24) is 9.80 Å². The van der Waals surface area contributed by atoms with Crippen LogP contribution in [-0.2, 0) is 4.79 Å². The van der Waals surface area contributed by atoms with Crippen molar-refractivity contribution in [2.75, 3.05) is 33.2 Å². The number of ether oxygens (including phenoxy) is 1. The first-order chi connectivity index (χ1) is 9.60. The minimum atomic E-state index is -0.375. The Bertz CT molecular complexity index is 454. The minimum absolute atomic E-state index is 0.113. The zero-order valence-electron chi connectivity index (χ0n) is 12.6. The fourth-order valence-corrected chi connectivity index (χ4v) is 2.39. The second-order valence-corrected chi connectivity index (χ2v) is 5.46. The third kappa shape index (κ3) is 3.73. The summed E-state index contributed by atoms with van der Waals surface area (Å²) in [6, 6.07) is 7.86. The highest BCUT2D eigenvalue weighted by molar-refractivity contribution is 5.81. The van der Waals surface area contributed by atoms with E-state index in [-0.39, 0.29) is 12.0 Å². The fourth-order valence-electron chi connectivity index (χ4n) is 2.39. The summed E-state index contributed by atoms with van der Waals surface area (Å²) in [5.74, 6) is 0.890. The first-order valence-corrected chi connectivity index (χ1v) is 7.31. The lowest BCUT2D eigenvalue weighted by molar-refractivity contribution is -0.140. The molecule has 1 heterocycles. The van der Waals surface area contributed by atoms with E-state index in [0.29, 0.717) is 6.42 Å². The van der Waals surface area contributed by atoms with Crippen LogP contribution in [0.2, 0.25) is 0 Å². The van der Waals surface area contributed by atoms with E-state index < -0.39 is 0 Å². The molecule has 0 radical (unpaired) electrons. The molecule has 110 valence electrons. The molecule has 1 amide bonds. The molecule has 2 rings (SSSR count). The molecular weight excluding hydrogens is 252 g/mol. The van der Waals surface area contributed by atoms with Crippen LogP contribution in [0.5, 0.6) is 5.75 Å². The summed E-state index contributed by atoms with van der Waals surface area (Å²) in [6.45, 7) is 7.48. The van der Waals surface area contributed by atoms with Gasteiger partial charge in [0, 0.05) is 26.2 Å². The predicted molar refractivity (Wildman–Crippen MR) is 80.0 cm³/mol. The lowest BCUT2D eigenvalue weighted by Gasteiger charge is -2.34. The second kappa shape index (κ2) is 6.75. The minimum Gasteiger partial charge on any atom is -0.481 e. The maximum absolute atomic E-state index is 12.5. The van der Waals surface area contributed by atoms with Gasteiger partial charge in [0.25, 0.3) is 5.91 Å². The van der Waals surface area contributed by atoms with E-state index in [0.717, 1.165) is 37.5 Å². The predicted octanol–water partition coefficient (Wildman–Crippen LogP) is 1.93. The molecule has 4 heteroatoms. The molecule has 1 saturated heterocycles. The van der Waals surface area contributed by atoms with Crippen LogP contribution in [0.15, 0.2) is 24.3 Å². The first kappa shape index (κ1) is 14.9. The molecule has 0 N–H and O–H groups in total. The third-order valence-electron chi connectivity index (χ3n) is 3.73. The molecule has 0 unspecified atom stereocenters. The van der Waals surface area contributed by atoms with Gasteiger partial charge in [0.2, 0.25) is 0 Å². The van der Waals surface area contributed by atoms with E-state index in [9.17, 15) is 4.79 Å². The number of amides is 1. The summed E-state index contributed by atoms with van der Waals surface area (Å²) >= 11 is 0. The van der Waals surface area contributed by atoms with Crippen LogP contribution in [0.25, 0.3) is 0 Å². The Hall–Kier alpha value is -1.55. The van der Waals surface area contributed by atoms with Gasteiger partial charge in [0.05, 0.1) is 0 Å². The molecule has 1 atom stereocenters. The number of hydrogen-bond acceptors (Lipinski definition) is 3. The zero-order valence-corrected chi connectivity index (χ0v) is 12.6. The Morgan fingerprint density at radius 3 is 2.60 bits per heavy atom. The number of nitrogens with zero attached hydrogens (tertiary/aromatic N) is 2. The van der Waals surface area contributed by atoms with Crippen LogP contribution in [-0.4, -0.2) is 55.0 Å². The number of carbonyl (C=O) groups is 1. The highest BCUT2D eigenvalue weighted by atomic mass is 16.5. The molecule has 1 aromatic rings. The van der Waals surface area contributed by atoms with Gasteiger partial charge in [-0.1, -0.05) is 19.1 Å². The molecule has 20 heavy (non-hydrogen) atoms. The largest absolute Gasteiger partial charge is 0.481 e. The average Bonchev–Trinajstić information content (AvgIpc) is 2.45. The van der Waals surface area contributed by atoms with Crippen LogP contribution in [0.4, 0.5) is 0 Å². The van der Waals surface area contributed by atoms with Crippen molar-refractivity contribution in [3.05, 3.63) is 29.8 Å². The normalized spacial score (nSPS) is 17.9. The average molecular weight is 276 g/mol. The maximum atomic E-state index is 12.5. The molecule has 0 bridgehead atoms. The van der Waals surface area contributed by atoms with Gasteiger partial charge in [0.1, 0.15) is 5.75 Å². The van der Waals surface area contributed by atoms with E-state index in [1.165, 1.54) is 0 Å². The summed E-state index contributed by atoms with van der Waals surface area (Å²) in [5.41, 5.74) is 1.14. The number of likely N-dealkylation sites (N-methyl/N-ethyl adjacent to an activating group) is 1. The van der Waals surface area contributed by atoms with Gasteiger partial charge in [-0.15, -0.1) is 0 Å². The second-order valence-electron chi connectivity index (χ2n) is 5.46. The highest BCUT2D eigenvalue weighted by Crippen LogP contribution is 2.17. The first-order valence-electron chi connectivity index (χ1n) is 7.31. The van der Waals surface area contributed by atoms with Crippen molar-refractivity contribution < 1.29 is 9.53 Å². The molecule has 1 aromatic carbocycles. The quantitative estimate of drug-likeness (QED) is 0.842. The molecule has 4 nitrogen and oxygen atoms in total. The Morgan fingerprint density at radius 1 is 1.30 bits per heavy atom. The van der Waals surface area contributed by atoms with Gasteiger partial charge in [-0.2, -0.15) is 0 Å². The Morgan fingerprint density at radius 2 is 2.00 bits per heavy atom. The summed E-state index contributed by atoms with van der Waals surface area (Å²) in [7, 11) is 2.09. The molecule has 0 saturated carbocycles. The van der Waals surface area contributed by atoms with E-state index in [4.69, 9.17) is 4.74 Å². The number of aryl methyl sites for hydroxylation is 1. The summed E-state index contributed by atoms with van der Waals surface area (Å²) in [6.07, 6.45) is 0.319.